The summed E-state index contributed by atoms with van der Waals surface area (Å²) in [5, 5.41) is 0. The Kier molecular flexibility index (Phi) is 7.42. The average molecular weight is 464 g/mol. The predicted octanol–water partition coefficient (Wildman–Crippen LogP) is 4.30. The van der Waals surface area contributed by atoms with Gasteiger partial charge < -0.3 is 28.6 Å². The molecule has 0 saturated heterocycles. The molecular formula is C27H29NO6. The molecule has 1 heterocycles. The predicted molar refractivity (Wildman–Crippen MR) is 128 cm³/mol. The molecule has 0 unspecified atom stereocenters. The monoisotopic (exact) mass is 463 g/mol. The summed E-state index contributed by atoms with van der Waals surface area (Å²) in [7, 11) is 4.82. The standard InChI is InChI=1S/C27H29NO6/c1-30-23-11-7-8-12-24(23)34-17-22-21-16-26(32-3)25(31-2)15-19(21)13-14-28(22)27(29)18-33-20-9-5-4-6-10-20/h4-12,15-16,22H,13-14,17-18H2,1-3H3/t22-/m1/s1. The number of carbonyl (C=O) groups is 1. The molecule has 1 aliphatic heterocycles. The fraction of sp³-hybridized carbons (Fsp3) is 0.296. The van der Waals surface area contributed by atoms with Crippen molar-refractivity contribution < 1.29 is 28.5 Å². The zero-order valence-corrected chi connectivity index (χ0v) is 19.7. The first-order valence-corrected chi connectivity index (χ1v) is 11.1. The lowest BCUT2D eigenvalue weighted by molar-refractivity contribution is -0.137. The minimum absolute atomic E-state index is 0.0577. The third kappa shape index (κ3) is 5.03. The Bertz CT molecular complexity index is 1120. The van der Waals surface area contributed by atoms with Gasteiger partial charge >= 0.3 is 0 Å². The van der Waals surface area contributed by atoms with E-state index in [2.05, 4.69) is 0 Å². The van der Waals surface area contributed by atoms with Gasteiger partial charge in [-0.3, -0.25) is 4.79 Å². The Morgan fingerprint density at radius 1 is 0.824 bits per heavy atom. The smallest absolute Gasteiger partial charge is 0.261 e. The van der Waals surface area contributed by atoms with Crippen LogP contribution in [0.1, 0.15) is 17.2 Å². The Balaban J connectivity index is 1.61. The van der Waals surface area contributed by atoms with Gasteiger partial charge in [0.2, 0.25) is 0 Å². The van der Waals surface area contributed by atoms with E-state index in [0.29, 0.717) is 41.7 Å². The summed E-state index contributed by atoms with van der Waals surface area (Å²) in [5.41, 5.74) is 2.06. The molecule has 1 amide bonds. The van der Waals surface area contributed by atoms with Crippen molar-refractivity contribution in [2.24, 2.45) is 0 Å². The highest BCUT2D eigenvalue weighted by Gasteiger charge is 2.33. The van der Waals surface area contributed by atoms with Gasteiger partial charge in [-0.1, -0.05) is 30.3 Å². The lowest BCUT2D eigenvalue weighted by atomic mass is 9.92. The fourth-order valence-corrected chi connectivity index (χ4v) is 4.16. The van der Waals surface area contributed by atoms with E-state index in [0.717, 1.165) is 11.1 Å². The van der Waals surface area contributed by atoms with Crippen LogP contribution in [-0.2, 0) is 11.2 Å². The summed E-state index contributed by atoms with van der Waals surface area (Å²) >= 11 is 0. The number of amides is 1. The Hall–Kier alpha value is -3.87. The van der Waals surface area contributed by atoms with Crippen LogP contribution in [-0.4, -0.2) is 51.9 Å². The molecule has 3 aromatic carbocycles. The van der Waals surface area contributed by atoms with Crippen LogP contribution in [0.3, 0.4) is 0 Å². The molecule has 4 rings (SSSR count). The van der Waals surface area contributed by atoms with Gasteiger partial charge in [0, 0.05) is 6.54 Å². The first-order valence-electron chi connectivity index (χ1n) is 11.1. The van der Waals surface area contributed by atoms with Gasteiger partial charge in [-0.15, -0.1) is 0 Å². The van der Waals surface area contributed by atoms with E-state index in [4.69, 9.17) is 23.7 Å². The van der Waals surface area contributed by atoms with Crippen LogP contribution >= 0.6 is 0 Å². The molecule has 1 aliphatic rings. The van der Waals surface area contributed by atoms with Crippen molar-refractivity contribution in [3.8, 4) is 28.7 Å². The molecular weight excluding hydrogens is 434 g/mol. The van der Waals surface area contributed by atoms with E-state index < -0.39 is 0 Å². The molecule has 0 spiro atoms. The molecule has 34 heavy (non-hydrogen) atoms. The van der Waals surface area contributed by atoms with Crippen molar-refractivity contribution in [2.45, 2.75) is 12.5 Å². The number of methoxy groups -OCH3 is 3. The molecule has 3 aromatic rings. The summed E-state index contributed by atoms with van der Waals surface area (Å²) in [4.78, 5) is 15.1. The van der Waals surface area contributed by atoms with Crippen molar-refractivity contribution in [3.63, 3.8) is 0 Å². The minimum atomic E-state index is -0.333. The van der Waals surface area contributed by atoms with Crippen LogP contribution in [0.25, 0.3) is 0 Å². The minimum Gasteiger partial charge on any atom is -0.493 e. The molecule has 1 atom stereocenters. The molecule has 0 aliphatic carbocycles. The van der Waals surface area contributed by atoms with Gasteiger partial charge in [0.1, 0.15) is 12.4 Å². The first kappa shape index (κ1) is 23.3. The van der Waals surface area contributed by atoms with Gasteiger partial charge in [0.25, 0.3) is 5.91 Å². The molecule has 0 radical (unpaired) electrons. The van der Waals surface area contributed by atoms with Gasteiger partial charge in [-0.05, 0) is 53.9 Å². The number of rotatable bonds is 9. The number of nitrogens with zero attached hydrogens (tertiary/aromatic N) is 1. The molecule has 178 valence electrons. The second-order valence-corrected chi connectivity index (χ2v) is 7.82. The zero-order valence-electron chi connectivity index (χ0n) is 19.7. The Morgan fingerprint density at radius 3 is 2.18 bits per heavy atom. The highest BCUT2D eigenvalue weighted by atomic mass is 16.5. The van der Waals surface area contributed by atoms with E-state index in [9.17, 15) is 4.79 Å². The number of para-hydroxylation sites is 3. The highest BCUT2D eigenvalue weighted by Crippen LogP contribution is 2.39. The summed E-state index contributed by atoms with van der Waals surface area (Å²) in [6.07, 6.45) is 0.692. The number of hydrogen-bond donors (Lipinski definition) is 0. The fourth-order valence-electron chi connectivity index (χ4n) is 4.16. The topological polar surface area (TPSA) is 66.5 Å². The normalized spacial score (nSPS) is 14.7. The van der Waals surface area contributed by atoms with Gasteiger partial charge in [-0.2, -0.15) is 0 Å². The van der Waals surface area contributed by atoms with Crippen molar-refractivity contribution >= 4 is 5.91 Å². The van der Waals surface area contributed by atoms with E-state index in [1.807, 2.05) is 71.6 Å². The lowest BCUT2D eigenvalue weighted by Gasteiger charge is -2.37. The molecule has 0 bridgehead atoms. The summed E-state index contributed by atoms with van der Waals surface area (Å²) in [5.74, 6) is 3.07. The van der Waals surface area contributed by atoms with Crippen LogP contribution in [0.2, 0.25) is 0 Å². The van der Waals surface area contributed by atoms with Crippen LogP contribution in [0.4, 0.5) is 0 Å². The zero-order chi connectivity index (χ0) is 23.9. The number of hydrogen-bond acceptors (Lipinski definition) is 6. The highest BCUT2D eigenvalue weighted by molar-refractivity contribution is 5.79. The summed E-state index contributed by atoms with van der Waals surface area (Å²) < 4.78 is 28.4. The molecule has 0 N–H and O–H groups in total. The van der Waals surface area contributed by atoms with E-state index in [1.54, 1.807) is 21.3 Å². The number of ether oxygens (including phenoxy) is 5. The number of benzene rings is 3. The van der Waals surface area contributed by atoms with E-state index >= 15 is 0 Å². The van der Waals surface area contributed by atoms with Crippen LogP contribution < -0.4 is 23.7 Å². The largest absolute Gasteiger partial charge is 0.493 e. The van der Waals surface area contributed by atoms with Crippen molar-refractivity contribution in [1.82, 2.24) is 4.90 Å². The maximum absolute atomic E-state index is 13.3. The van der Waals surface area contributed by atoms with E-state index in [-0.39, 0.29) is 25.2 Å². The first-order chi connectivity index (χ1) is 16.6. The second kappa shape index (κ2) is 10.8. The third-order valence-corrected chi connectivity index (χ3v) is 5.89. The molecule has 0 fully saturated rings. The average Bonchev–Trinajstić information content (AvgIpc) is 2.90. The Morgan fingerprint density at radius 2 is 1.47 bits per heavy atom. The van der Waals surface area contributed by atoms with Crippen LogP contribution in [0.15, 0.2) is 66.7 Å². The Labute approximate surface area is 199 Å². The molecule has 0 aromatic heterocycles. The van der Waals surface area contributed by atoms with Crippen molar-refractivity contribution in [1.29, 1.82) is 0 Å². The van der Waals surface area contributed by atoms with Gasteiger partial charge in [0.05, 0.1) is 27.4 Å². The third-order valence-electron chi connectivity index (χ3n) is 5.89. The van der Waals surface area contributed by atoms with Crippen molar-refractivity contribution in [2.75, 3.05) is 41.1 Å². The van der Waals surface area contributed by atoms with Crippen molar-refractivity contribution in [3.05, 3.63) is 77.9 Å². The maximum atomic E-state index is 13.3. The molecule has 0 saturated carbocycles. The van der Waals surface area contributed by atoms with E-state index in [1.165, 1.54) is 0 Å². The molecule has 7 nitrogen and oxygen atoms in total. The number of fused-ring (bicyclic) bond motifs is 1. The van der Waals surface area contributed by atoms with Gasteiger partial charge in [0.15, 0.2) is 29.6 Å². The summed E-state index contributed by atoms with van der Waals surface area (Å²) in [6.45, 7) is 0.733. The second-order valence-electron chi connectivity index (χ2n) is 7.82. The van der Waals surface area contributed by atoms with Crippen LogP contribution in [0.5, 0.6) is 28.7 Å². The molecule has 7 heteroatoms. The number of carbonyl (C=O) groups excluding carboxylic acids is 1. The SMILES string of the molecule is COc1cc2c(cc1OC)[C@@H](COc1ccccc1OC)N(C(=O)COc1ccccc1)CC2. The lowest BCUT2D eigenvalue weighted by Crippen LogP contribution is -2.44. The van der Waals surface area contributed by atoms with Gasteiger partial charge in [-0.25, -0.2) is 0 Å². The van der Waals surface area contributed by atoms with Crippen LogP contribution in [0, 0.1) is 0 Å². The maximum Gasteiger partial charge on any atom is 0.261 e. The quantitative estimate of drug-likeness (QED) is 0.472. The summed E-state index contributed by atoms with van der Waals surface area (Å²) in [6, 6.07) is 20.4.